The Morgan fingerprint density at radius 2 is 2.12 bits per heavy atom. The Morgan fingerprint density at radius 1 is 1.38 bits per heavy atom. The minimum Gasteiger partial charge on any atom is -0.380 e. The first-order chi connectivity index (χ1) is 7.68. The number of rotatable bonds is 3. The summed E-state index contributed by atoms with van der Waals surface area (Å²) in [6.07, 6.45) is 0.911. The zero-order chi connectivity index (χ0) is 11.5. The van der Waals surface area contributed by atoms with Crippen LogP contribution in [-0.4, -0.2) is 19.3 Å². The van der Waals surface area contributed by atoms with Gasteiger partial charge in [-0.25, -0.2) is 8.78 Å². The van der Waals surface area contributed by atoms with Crippen LogP contribution in [0.5, 0.6) is 0 Å². The minimum absolute atomic E-state index is 0.193. The van der Waals surface area contributed by atoms with Gasteiger partial charge in [0.05, 0.1) is 11.1 Å². The summed E-state index contributed by atoms with van der Waals surface area (Å²) in [7, 11) is 0. The van der Waals surface area contributed by atoms with E-state index in [-0.39, 0.29) is 10.5 Å². The predicted molar refractivity (Wildman–Crippen MR) is 60.1 cm³/mol. The number of hydrogen-bond acceptors (Lipinski definition) is 2. The highest BCUT2D eigenvalue weighted by Crippen LogP contribution is 2.23. The van der Waals surface area contributed by atoms with Gasteiger partial charge >= 0.3 is 0 Å². The van der Waals surface area contributed by atoms with Gasteiger partial charge in [0.15, 0.2) is 0 Å². The molecule has 16 heavy (non-hydrogen) atoms. The lowest BCUT2D eigenvalue weighted by Crippen LogP contribution is -2.29. The second-order valence-corrected chi connectivity index (χ2v) is 4.56. The predicted octanol–water partition coefficient (Wildman–Crippen LogP) is 2.61. The van der Waals surface area contributed by atoms with E-state index >= 15 is 0 Å². The Morgan fingerprint density at radius 3 is 2.81 bits per heavy atom. The van der Waals surface area contributed by atoms with Crippen molar-refractivity contribution in [1.29, 1.82) is 0 Å². The standard InChI is InChI=1S/C11H12BrF2NO/c12-11-8(9(13)1-2-10(11)14)5-15-7-3-4-16-6-7/h1-2,7,15H,3-6H2. The molecule has 1 unspecified atom stereocenters. The van der Waals surface area contributed by atoms with Gasteiger partial charge in [0, 0.05) is 24.8 Å². The molecule has 1 saturated heterocycles. The average molecular weight is 292 g/mol. The first-order valence-electron chi connectivity index (χ1n) is 5.12. The molecular formula is C11H12BrF2NO. The van der Waals surface area contributed by atoms with Crippen molar-refractivity contribution in [3.05, 3.63) is 33.8 Å². The summed E-state index contributed by atoms with van der Waals surface area (Å²) in [6, 6.07) is 2.48. The van der Waals surface area contributed by atoms with Crippen molar-refractivity contribution in [2.45, 2.75) is 19.0 Å². The fourth-order valence-electron chi connectivity index (χ4n) is 1.67. The van der Waals surface area contributed by atoms with Crippen molar-refractivity contribution in [1.82, 2.24) is 5.32 Å². The van der Waals surface area contributed by atoms with E-state index in [1.807, 2.05) is 0 Å². The maximum Gasteiger partial charge on any atom is 0.137 e. The van der Waals surface area contributed by atoms with Gasteiger partial charge in [-0.1, -0.05) is 0 Å². The van der Waals surface area contributed by atoms with E-state index in [2.05, 4.69) is 21.2 Å². The molecule has 0 spiro atoms. The summed E-state index contributed by atoms with van der Waals surface area (Å²) in [5.41, 5.74) is 0.326. The molecule has 1 aliphatic rings. The van der Waals surface area contributed by atoms with Gasteiger partial charge in [-0.2, -0.15) is 0 Å². The smallest absolute Gasteiger partial charge is 0.137 e. The zero-order valence-electron chi connectivity index (χ0n) is 8.60. The van der Waals surface area contributed by atoms with Crippen LogP contribution < -0.4 is 5.32 Å². The van der Waals surface area contributed by atoms with E-state index in [4.69, 9.17) is 4.74 Å². The van der Waals surface area contributed by atoms with E-state index in [0.717, 1.165) is 25.2 Å². The molecule has 1 N–H and O–H groups in total. The van der Waals surface area contributed by atoms with Crippen molar-refractivity contribution < 1.29 is 13.5 Å². The summed E-state index contributed by atoms with van der Waals surface area (Å²) in [5.74, 6) is -0.847. The van der Waals surface area contributed by atoms with Crippen LogP contribution >= 0.6 is 15.9 Å². The monoisotopic (exact) mass is 291 g/mol. The first kappa shape index (κ1) is 12.0. The summed E-state index contributed by atoms with van der Waals surface area (Å²) in [6.45, 7) is 1.66. The molecule has 0 amide bonds. The molecule has 1 heterocycles. The second-order valence-electron chi connectivity index (χ2n) is 3.76. The molecular weight excluding hydrogens is 280 g/mol. The lowest BCUT2D eigenvalue weighted by atomic mass is 10.2. The number of nitrogens with one attached hydrogen (secondary N) is 1. The van der Waals surface area contributed by atoms with Crippen LogP contribution in [0.15, 0.2) is 16.6 Å². The number of benzene rings is 1. The highest BCUT2D eigenvalue weighted by Gasteiger charge is 2.17. The van der Waals surface area contributed by atoms with E-state index in [1.54, 1.807) is 0 Å². The molecule has 0 aromatic heterocycles. The fraction of sp³-hybridized carbons (Fsp3) is 0.455. The maximum atomic E-state index is 13.4. The summed E-state index contributed by atoms with van der Waals surface area (Å²) in [4.78, 5) is 0. The van der Waals surface area contributed by atoms with Gasteiger partial charge in [0.1, 0.15) is 11.6 Å². The minimum atomic E-state index is -0.444. The van der Waals surface area contributed by atoms with E-state index in [9.17, 15) is 8.78 Å². The van der Waals surface area contributed by atoms with Crippen LogP contribution in [0, 0.1) is 11.6 Å². The van der Waals surface area contributed by atoms with Crippen molar-refractivity contribution in [2.24, 2.45) is 0 Å². The van der Waals surface area contributed by atoms with E-state index in [0.29, 0.717) is 18.7 Å². The molecule has 1 fully saturated rings. The van der Waals surface area contributed by atoms with Crippen molar-refractivity contribution >= 4 is 15.9 Å². The Balaban J connectivity index is 2.05. The van der Waals surface area contributed by atoms with Gasteiger partial charge in [0.25, 0.3) is 0 Å². The van der Waals surface area contributed by atoms with Crippen LogP contribution in [0.4, 0.5) is 8.78 Å². The quantitative estimate of drug-likeness (QED) is 0.865. The number of ether oxygens (including phenoxy) is 1. The Kier molecular flexibility index (Phi) is 3.89. The third kappa shape index (κ3) is 2.59. The average Bonchev–Trinajstić information content (AvgIpc) is 2.77. The van der Waals surface area contributed by atoms with Crippen molar-refractivity contribution in [2.75, 3.05) is 13.2 Å². The number of halogens is 3. The van der Waals surface area contributed by atoms with Crippen LogP contribution in [0.1, 0.15) is 12.0 Å². The van der Waals surface area contributed by atoms with Gasteiger partial charge in [0.2, 0.25) is 0 Å². The zero-order valence-corrected chi connectivity index (χ0v) is 10.2. The topological polar surface area (TPSA) is 21.3 Å². The molecule has 5 heteroatoms. The van der Waals surface area contributed by atoms with Crippen molar-refractivity contribution in [3.63, 3.8) is 0 Å². The normalized spacial score (nSPS) is 20.3. The summed E-state index contributed by atoms with van der Waals surface area (Å²) < 4.78 is 32.0. The fourth-order valence-corrected chi connectivity index (χ4v) is 2.13. The van der Waals surface area contributed by atoms with Gasteiger partial charge < -0.3 is 10.1 Å². The third-order valence-corrected chi connectivity index (χ3v) is 3.49. The molecule has 0 aliphatic carbocycles. The van der Waals surface area contributed by atoms with Gasteiger partial charge in [-0.3, -0.25) is 0 Å². The van der Waals surface area contributed by atoms with Crippen LogP contribution in [-0.2, 0) is 11.3 Å². The molecule has 0 saturated carbocycles. The second kappa shape index (κ2) is 5.21. The van der Waals surface area contributed by atoms with Crippen LogP contribution in [0.25, 0.3) is 0 Å². The molecule has 0 bridgehead atoms. The van der Waals surface area contributed by atoms with Gasteiger partial charge in [-0.05, 0) is 34.5 Å². The molecule has 88 valence electrons. The molecule has 1 aromatic rings. The SMILES string of the molecule is Fc1ccc(F)c(CNC2CCOC2)c1Br. The third-order valence-electron chi connectivity index (χ3n) is 2.64. The summed E-state index contributed by atoms with van der Waals surface area (Å²) >= 11 is 3.05. The summed E-state index contributed by atoms with van der Waals surface area (Å²) in [5, 5.41) is 3.15. The highest BCUT2D eigenvalue weighted by atomic mass is 79.9. The van der Waals surface area contributed by atoms with Gasteiger partial charge in [-0.15, -0.1) is 0 Å². The molecule has 0 radical (unpaired) electrons. The largest absolute Gasteiger partial charge is 0.380 e. The first-order valence-corrected chi connectivity index (χ1v) is 5.91. The lowest BCUT2D eigenvalue weighted by molar-refractivity contribution is 0.189. The van der Waals surface area contributed by atoms with Crippen LogP contribution in [0.2, 0.25) is 0 Å². The van der Waals surface area contributed by atoms with Crippen molar-refractivity contribution in [3.8, 4) is 0 Å². The Bertz CT molecular complexity index is 380. The van der Waals surface area contributed by atoms with Crippen LogP contribution in [0.3, 0.4) is 0 Å². The molecule has 1 aromatic carbocycles. The molecule has 1 aliphatic heterocycles. The van der Waals surface area contributed by atoms with E-state index in [1.165, 1.54) is 0 Å². The highest BCUT2D eigenvalue weighted by molar-refractivity contribution is 9.10. The van der Waals surface area contributed by atoms with E-state index < -0.39 is 11.6 Å². The number of hydrogen-bond donors (Lipinski definition) is 1. The maximum absolute atomic E-state index is 13.4. The molecule has 2 nitrogen and oxygen atoms in total. The molecule has 2 rings (SSSR count). The Hall–Kier alpha value is -0.520. The lowest BCUT2D eigenvalue weighted by Gasteiger charge is -2.12. The molecule has 1 atom stereocenters. The Labute approximate surface area is 101 Å².